The van der Waals surface area contributed by atoms with E-state index in [2.05, 4.69) is 70.3 Å². The summed E-state index contributed by atoms with van der Waals surface area (Å²) in [6.07, 6.45) is 2.74. The molecule has 3 rings (SSSR count). The lowest BCUT2D eigenvalue weighted by Crippen LogP contribution is -2.40. The van der Waals surface area contributed by atoms with Crippen molar-refractivity contribution in [3.63, 3.8) is 0 Å². The molecule has 1 aliphatic rings. The molecule has 0 bridgehead atoms. The van der Waals surface area contributed by atoms with Crippen molar-refractivity contribution in [1.82, 2.24) is 25.0 Å². The minimum atomic E-state index is 0. The van der Waals surface area contributed by atoms with Crippen LogP contribution >= 0.6 is 24.0 Å². The predicted octanol–water partition coefficient (Wildman–Crippen LogP) is 3.51. The minimum absolute atomic E-state index is 0. The molecule has 1 aromatic heterocycles. The van der Waals surface area contributed by atoms with Gasteiger partial charge in [0.05, 0.1) is 6.54 Å². The first kappa shape index (κ1) is 21.7. The number of guanidine groups is 1. The van der Waals surface area contributed by atoms with E-state index >= 15 is 0 Å². The average molecular weight is 482 g/mol. The Morgan fingerprint density at radius 3 is 2.59 bits per heavy atom. The van der Waals surface area contributed by atoms with Crippen LogP contribution in [-0.4, -0.2) is 45.3 Å². The Morgan fingerprint density at radius 1 is 1.33 bits per heavy atom. The van der Waals surface area contributed by atoms with Gasteiger partial charge in [-0.2, -0.15) is 5.10 Å². The molecule has 2 aromatic rings. The van der Waals surface area contributed by atoms with Crippen LogP contribution in [0.2, 0.25) is 0 Å². The zero-order valence-corrected chi connectivity index (χ0v) is 19.2. The molecule has 1 heterocycles. The van der Waals surface area contributed by atoms with Crippen molar-refractivity contribution < 1.29 is 0 Å². The standard InChI is InChI=1S/C20H30N6.HI/c1-6-21-20(25(4)12-19-22-13-23-26(19)5)24-18-11-17(18)16-9-7-15(8-10-16)14(2)3;/h7-10,13-14,17-18H,6,11-12H2,1-5H3,(H,21,24);1H. The molecule has 0 aliphatic heterocycles. The molecular weight excluding hydrogens is 451 g/mol. The van der Waals surface area contributed by atoms with Gasteiger partial charge in [-0.05, 0) is 30.4 Å². The van der Waals surface area contributed by atoms with E-state index in [1.54, 1.807) is 11.0 Å². The lowest BCUT2D eigenvalue weighted by atomic mass is 10.0. The zero-order chi connectivity index (χ0) is 18.7. The van der Waals surface area contributed by atoms with Gasteiger partial charge in [0.15, 0.2) is 5.96 Å². The van der Waals surface area contributed by atoms with Gasteiger partial charge >= 0.3 is 0 Å². The number of aromatic nitrogens is 3. The summed E-state index contributed by atoms with van der Waals surface area (Å²) in [5.74, 6) is 3.01. The number of rotatable bonds is 6. The normalized spacial score (nSPS) is 19.0. The molecule has 0 spiro atoms. The third-order valence-corrected chi connectivity index (χ3v) is 4.99. The Bertz CT molecular complexity index is 752. The van der Waals surface area contributed by atoms with E-state index in [1.165, 1.54) is 11.1 Å². The van der Waals surface area contributed by atoms with E-state index in [1.807, 2.05) is 14.1 Å². The molecule has 148 valence electrons. The second-order valence-corrected chi connectivity index (χ2v) is 7.37. The minimum Gasteiger partial charge on any atom is -0.353 e. The Kier molecular flexibility index (Phi) is 7.64. The number of benzene rings is 1. The predicted molar refractivity (Wildman–Crippen MR) is 121 cm³/mol. The molecule has 1 aliphatic carbocycles. The van der Waals surface area contributed by atoms with Crippen LogP contribution in [0.1, 0.15) is 56.0 Å². The van der Waals surface area contributed by atoms with E-state index in [4.69, 9.17) is 0 Å². The van der Waals surface area contributed by atoms with Crippen LogP contribution in [0.5, 0.6) is 0 Å². The van der Waals surface area contributed by atoms with Crippen molar-refractivity contribution in [2.75, 3.05) is 13.6 Å². The average Bonchev–Trinajstić information content (AvgIpc) is 3.28. The first-order chi connectivity index (χ1) is 12.5. The van der Waals surface area contributed by atoms with Crippen LogP contribution in [0.15, 0.2) is 35.6 Å². The van der Waals surface area contributed by atoms with Gasteiger partial charge in [-0.3, -0.25) is 9.67 Å². The van der Waals surface area contributed by atoms with Crippen LogP contribution in [0.3, 0.4) is 0 Å². The van der Waals surface area contributed by atoms with Gasteiger partial charge < -0.3 is 10.2 Å². The molecule has 27 heavy (non-hydrogen) atoms. The van der Waals surface area contributed by atoms with Gasteiger partial charge in [-0.15, -0.1) is 24.0 Å². The maximum Gasteiger partial charge on any atom is 0.194 e. The van der Waals surface area contributed by atoms with Crippen LogP contribution in [0, 0.1) is 0 Å². The summed E-state index contributed by atoms with van der Waals surface area (Å²) >= 11 is 0. The van der Waals surface area contributed by atoms with Crippen LogP contribution < -0.4 is 5.32 Å². The van der Waals surface area contributed by atoms with Gasteiger partial charge in [0.2, 0.25) is 0 Å². The maximum atomic E-state index is 4.65. The van der Waals surface area contributed by atoms with Gasteiger partial charge in [0.1, 0.15) is 12.2 Å². The second kappa shape index (κ2) is 9.52. The summed E-state index contributed by atoms with van der Waals surface area (Å²) in [7, 11) is 3.96. The van der Waals surface area contributed by atoms with E-state index in [0.29, 0.717) is 24.4 Å². The summed E-state index contributed by atoms with van der Waals surface area (Å²) in [5.41, 5.74) is 2.81. The summed E-state index contributed by atoms with van der Waals surface area (Å²) in [5, 5.41) is 7.77. The van der Waals surface area contributed by atoms with Crippen molar-refractivity contribution >= 4 is 29.9 Å². The van der Waals surface area contributed by atoms with Gasteiger partial charge in [0.25, 0.3) is 0 Å². The highest BCUT2D eigenvalue weighted by atomic mass is 127. The molecule has 2 unspecified atom stereocenters. The third kappa shape index (κ3) is 5.43. The summed E-state index contributed by atoms with van der Waals surface area (Å²) < 4.78 is 1.80. The van der Waals surface area contributed by atoms with E-state index in [0.717, 1.165) is 24.7 Å². The highest BCUT2D eigenvalue weighted by molar-refractivity contribution is 14.0. The molecule has 1 N–H and O–H groups in total. The molecule has 1 fully saturated rings. The number of halogens is 1. The summed E-state index contributed by atoms with van der Waals surface area (Å²) in [6, 6.07) is 9.53. The fourth-order valence-electron chi connectivity index (χ4n) is 3.19. The van der Waals surface area contributed by atoms with Crippen molar-refractivity contribution in [2.45, 2.75) is 51.6 Å². The lowest BCUT2D eigenvalue weighted by molar-refractivity contribution is 0.446. The number of nitrogens with zero attached hydrogens (tertiary/aromatic N) is 5. The fraction of sp³-hybridized carbons (Fsp3) is 0.550. The number of hydrogen-bond donors (Lipinski definition) is 1. The second-order valence-electron chi connectivity index (χ2n) is 7.37. The molecule has 6 nitrogen and oxygen atoms in total. The third-order valence-electron chi connectivity index (χ3n) is 4.99. The van der Waals surface area contributed by atoms with Gasteiger partial charge in [-0.25, -0.2) is 4.98 Å². The Hall–Kier alpha value is -1.64. The molecule has 0 radical (unpaired) electrons. The van der Waals surface area contributed by atoms with Crippen LogP contribution in [0.4, 0.5) is 0 Å². The van der Waals surface area contributed by atoms with Gasteiger partial charge in [-0.1, -0.05) is 38.1 Å². The van der Waals surface area contributed by atoms with E-state index in [-0.39, 0.29) is 24.0 Å². The Labute approximate surface area is 179 Å². The first-order valence-electron chi connectivity index (χ1n) is 9.44. The maximum absolute atomic E-state index is 4.65. The molecule has 7 heteroatoms. The van der Waals surface area contributed by atoms with Crippen molar-refractivity contribution in [3.8, 4) is 0 Å². The van der Waals surface area contributed by atoms with Gasteiger partial charge in [0, 0.05) is 32.6 Å². The van der Waals surface area contributed by atoms with E-state index < -0.39 is 0 Å². The topological polar surface area (TPSA) is 58.3 Å². The number of hydrogen-bond acceptors (Lipinski definition) is 3. The molecule has 0 saturated heterocycles. The fourth-order valence-corrected chi connectivity index (χ4v) is 3.19. The highest BCUT2D eigenvalue weighted by Crippen LogP contribution is 2.41. The Morgan fingerprint density at radius 2 is 2.04 bits per heavy atom. The summed E-state index contributed by atoms with van der Waals surface area (Å²) in [4.78, 5) is 11.1. The largest absolute Gasteiger partial charge is 0.353 e. The van der Waals surface area contributed by atoms with E-state index in [9.17, 15) is 0 Å². The summed E-state index contributed by atoms with van der Waals surface area (Å²) in [6.45, 7) is 7.97. The van der Waals surface area contributed by atoms with Crippen molar-refractivity contribution in [3.05, 3.63) is 47.5 Å². The van der Waals surface area contributed by atoms with Crippen molar-refractivity contribution in [2.24, 2.45) is 12.0 Å². The SMILES string of the molecule is CCN=C(NC1CC1c1ccc(C(C)C)cc1)N(C)Cc1ncnn1C.I. The molecular formula is C20H31IN6. The van der Waals surface area contributed by atoms with Crippen LogP contribution in [0.25, 0.3) is 0 Å². The molecule has 2 atom stereocenters. The smallest absolute Gasteiger partial charge is 0.194 e. The highest BCUT2D eigenvalue weighted by Gasteiger charge is 2.39. The first-order valence-corrected chi connectivity index (χ1v) is 9.44. The number of nitrogens with one attached hydrogen (secondary N) is 1. The monoisotopic (exact) mass is 482 g/mol. The molecule has 1 saturated carbocycles. The lowest BCUT2D eigenvalue weighted by Gasteiger charge is -2.22. The molecule has 1 aromatic carbocycles. The number of aryl methyl sites for hydroxylation is 1. The quantitative estimate of drug-likeness (QED) is 0.389. The van der Waals surface area contributed by atoms with Crippen molar-refractivity contribution in [1.29, 1.82) is 0 Å². The zero-order valence-electron chi connectivity index (χ0n) is 16.9. The Balaban J connectivity index is 0.00000261. The molecule has 0 amide bonds. The van der Waals surface area contributed by atoms with Crippen LogP contribution in [-0.2, 0) is 13.6 Å². The number of aliphatic imine (C=N–C) groups is 1.